The summed E-state index contributed by atoms with van der Waals surface area (Å²) in [4.78, 5) is 10.5. The number of nitrogens with zero attached hydrogens (tertiary/aromatic N) is 1. The maximum Gasteiger partial charge on any atom is 0.311 e. The van der Waals surface area contributed by atoms with Gasteiger partial charge in [-0.1, -0.05) is 18.9 Å². The number of nitro benzene ring substituents is 1. The molecule has 2 N–H and O–H groups in total. The number of methoxy groups -OCH3 is 1. The van der Waals surface area contributed by atoms with E-state index in [2.05, 4.69) is 0 Å². The van der Waals surface area contributed by atoms with Crippen molar-refractivity contribution in [2.45, 2.75) is 31.2 Å². The first-order valence-corrected chi connectivity index (χ1v) is 5.68. The molecule has 0 saturated heterocycles. The number of hydrogen-bond donors (Lipinski definition) is 1. The first kappa shape index (κ1) is 11.9. The molecule has 0 bridgehead atoms. The normalized spacial score (nSPS) is 18.0. The largest absolute Gasteiger partial charge is 0.490 e. The van der Waals surface area contributed by atoms with Crippen LogP contribution in [0, 0.1) is 10.1 Å². The van der Waals surface area contributed by atoms with Crippen molar-refractivity contribution < 1.29 is 9.66 Å². The molecule has 5 heteroatoms. The third kappa shape index (κ3) is 2.10. The number of rotatable bonds is 3. The maximum atomic E-state index is 10.9. The molecular formula is C12H16N2O3. The summed E-state index contributed by atoms with van der Waals surface area (Å²) >= 11 is 0. The van der Waals surface area contributed by atoms with Gasteiger partial charge >= 0.3 is 5.69 Å². The fourth-order valence-corrected chi connectivity index (χ4v) is 2.44. The summed E-state index contributed by atoms with van der Waals surface area (Å²) in [5.74, 6) is 0.278. The molecule has 0 unspecified atom stereocenters. The average molecular weight is 236 g/mol. The molecule has 0 aromatic heterocycles. The van der Waals surface area contributed by atoms with Crippen LogP contribution in [0.3, 0.4) is 0 Å². The van der Waals surface area contributed by atoms with Crippen molar-refractivity contribution in [1.82, 2.24) is 0 Å². The van der Waals surface area contributed by atoms with Gasteiger partial charge < -0.3 is 10.5 Å². The molecule has 0 spiro atoms. The van der Waals surface area contributed by atoms with Crippen molar-refractivity contribution in [2.24, 2.45) is 5.73 Å². The highest BCUT2D eigenvalue weighted by Gasteiger charge is 2.33. The van der Waals surface area contributed by atoms with E-state index in [0.29, 0.717) is 0 Å². The van der Waals surface area contributed by atoms with E-state index in [1.54, 1.807) is 12.1 Å². The van der Waals surface area contributed by atoms with Crippen LogP contribution in [-0.4, -0.2) is 12.0 Å². The lowest BCUT2D eigenvalue weighted by molar-refractivity contribution is -0.385. The maximum absolute atomic E-state index is 10.9. The van der Waals surface area contributed by atoms with E-state index in [-0.39, 0.29) is 11.4 Å². The highest BCUT2D eigenvalue weighted by Crippen LogP contribution is 2.39. The van der Waals surface area contributed by atoms with Gasteiger partial charge in [0.05, 0.1) is 12.0 Å². The van der Waals surface area contributed by atoms with Gasteiger partial charge in [0.1, 0.15) is 0 Å². The molecule has 17 heavy (non-hydrogen) atoms. The molecule has 0 amide bonds. The Morgan fingerprint density at radius 2 is 2.06 bits per heavy atom. The van der Waals surface area contributed by atoms with Crippen molar-refractivity contribution in [3.05, 3.63) is 33.9 Å². The third-order valence-electron chi connectivity index (χ3n) is 3.45. The number of nitro groups is 1. The molecule has 1 fully saturated rings. The Kier molecular flexibility index (Phi) is 3.02. The number of nitrogens with two attached hydrogens (primary N) is 1. The fourth-order valence-electron chi connectivity index (χ4n) is 2.44. The summed E-state index contributed by atoms with van der Waals surface area (Å²) in [6, 6.07) is 5.00. The molecule has 1 aromatic rings. The van der Waals surface area contributed by atoms with Crippen LogP contribution in [0.25, 0.3) is 0 Å². The van der Waals surface area contributed by atoms with E-state index < -0.39 is 10.5 Å². The Labute approximate surface area is 99.7 Å². The van der Waals surface area contributed by atoms with Crippen LogP contribution < -0.4 is 10.5 Å². The minimum Gasteiger partial charge on any atom is -0.490 e. The quantitative estimate of drug-likeness (QED) is 0.645. The molecule has 1 aliphatic rings. The fraction of sp³-hybridized carbons (Fsp3) is 0.500. The Morgan fingerprint density at radius 3 is 2.59 bits per heavy atom. The van der Waals surface area contributed by atoms with Crippen LogP contribution in [0.5, 0.6) is 5.75 Å². The van der Waals surface area contributed by atoms with Gasteiger partial charge in [0.15, 0.2) is 5.75 Å². The van der Waals surface area contributed by atoms with E-state index in [0.717, 1.165) is 31.2 Å². The van der Waals surface area contributed by atoms with Crippen molar-refractivity contribution in [1.29, 1.82) is 0 Å². The minimum atomic E-state index is -0.430. The molecule has 1 aromatic carbocycles. The lowest BCUT2D eigenvalue weighted by atomic mass is 9.89. The summed E-state index contributed by atoms with van der Waals surface area (Å²) in [5, 5.41) is 10.9. The topological polar surface area (TPSA) is 78.4 Å². The van der Waals surface area contributed by atoms with Gasteiger partial charge in [-0.2, -0.15) is 0 Å². The molecule has 0 heterocycles. The zero-order valence-corrected chi connectivity index (χ0v) is 9.81. The summed E-state index contributed by atoms with van der Waals surface area (Å²) in [6.45, 7) is 0. The van der Waals surface area contributed by atoms with Crippen molar-refractivity contribution >= 4 is 5.69 Å². The first-order chi connectivity index (χ1) is 8.07. The van der Waals surface area contributed by atoms with Crippen molar-refractivity contribution in [3.8, 4) is 5.75 Å². The highest BCUT2D eigenvalue weighted by molar-refractivity contribution is 5.50. The summed E-state index contributed by atoms with van der Waals surface area (Å²) in [7, 11) is 1.43. The van der Waals surface area contributed by atoms with E-state index in [1.807, 2.05) is 6.07 Å². The zero-order valence-electron chi connectivity index (χ0n) is 9.81. The zero-order chi connectivity index (χ0) is 12.5. The molecular weight excluding hydrogens is 220 g/mol. The molecule has 0 aliphatic heterocycles. The van der Waals surface area contributed by atoms with Crippen LogP contribution in [0.2, 0.25) is 0 Å². The van der Waals surface area contributed by atoms with Crippen LogP contribution in [-0.2, 0) is 5.54 Å². The lowest BCUT2D eigenvalue weighted by Gasteiger charge is -2.24. The molecule has 5 nitrogen and oxygen atoms in total. The van der Waals surface area contributed by atoms with Gasteiger partial charge in [-0.25, -0.2) is 0 Å². The molecule has 2 rings (SSSR count). The van der Waals surface area contributed by atoms with Crippen molar-refractivity contribution in [2.75, 3.05) is 7.11 Å². The summed E-state index contributed by atoms with van der Waals surface area (Å²) in [5.41, 5.74) is 6.70. The lowest BCUT2D eigenvalue weighted by Crippen LogP contribution is -2.33. The predicted molar refractivity (Wildman–Crippen MR) is 64.0 cm³/mol. The summed E-state index contributed by atoms with van der Waals surface area (Å²) in [6.07, 6.45) is 3.93. The molecule has 1 saturated carbocycles. The highest BCUT2D eigenvalue weighted by atomic mass is 16.6. The van der Waals surface area contributed by atoms with Crippen molar-refractivity contribution in [3.63, 3.8) is 0 Å². The van der Waals surface area contributed by atoms with Gasteiger partial charge in [-0.15, -0.1) is 0 Å². The Bertz CT molecular complexity index is 439. The van der Waals surface area contributed by atoms with Crippen LogP contribution in [0.15, 0.2) is 18.2 Å². The summed E-state index contributed by atoms with van der Waals surface area (Å²) < 4.78 is 4.97. The third-order valence-corrected chi connectivity index (χ3v) is 3.45. The standard InChI is InChI=1S/C12H16N2O3/c1-17-11-5-4-9(8-10(11)14(15)16)12(13)6-2-3-7-12/h4-5,8H,2-3,6-7,13H2,1H3. The van der Waals surface area contributed by atoms with E-state index in [9.17, 15) is 10.1 Å². The predicted octanol–water partition coefficient (Wildman–Crippen LogP) is 2.33. The average Bonchev–Trinajstić information content (AvgIpc) is 2.76. The number of ether oxygens (including phenoxy) is 1. The molecule has 0 radical (unpaired) electrons. The molecule has 0 atom stereocenters. The molecule has 92 valence electrons. The van der Waals surface area contributed by atoms with Gasteiger partial charge in [0, 0.05) is 11.6 Å². The van der Waals surface area contributed by atoms with Crippen LogP contribution in [0.1, 0.15) is 31.2 Å². The second-order valence-corrected chi connectivity index (χ2v) is 4.51. The number of hydrogen-bond acceptors (Lipinski definition) is 4. The molecule has 1 aliphatic carbocycles. The minimum absolute atomic E-state index is 0.0123. The van der Waals surface area contributed by atoms with Gasteiger partial charge in [0.2, 0.25) is 0 Å². The monoisotopic (exact) mass is 236 g/mol. The SMILES string of the molecule is COc1ccc(C2(N)CCCC2)cc1[N+](=O)[O-]. The van der Waals surface area contributed by atoms with Gasteiger partial charge in [-0.05, 0) is 24.5 Å². The van der Waals surface area contributed by atoms with Crippen LogP contribution in [0.4, 0.5) is 5.69 Å². The van der Waals surface area contributed by atoms with E-state index >= 15 is 0 Å². The van der Waals surface area contributed by atoms with E-state index in [4.69, 9.17) is 10.5 Å². The van der Waals surface area contributed by atoms with Gasteiger partial charge in [0.25, 0.3) is 0 Å². The second-order valence-electron chi connectivity index (χ2n) is 4.51. The Balaban J connectivity index is 2.43. The first-order valence-electron chi connectivity index (χ1n) is 5.68. The van der Waals surface area contributed by atoms with Crippen LogP contribution >= 0.6 is 0 Å². The number of benzene rings is 1. The van der Waals surface area contributed by atoms with E-state index in [1.165, 1.54) is 7.11 Å². The Hall–Kier alpha value is -1.62. The smallest absolute Gasteiger partial charge is 0.311 e. The van der Waals surface area contributed by atoms with Gasteiger partial charge in [-0.3, -0.25) is 10.1 Å². The second kappa shape index (κ2) is 4.33. The Morgan fingerprint density at radius 1 is 1.41 bits per heavy atom.